The first-order chi connectivity index (χ1) is 23.2. The molecule has 5 rings (SSSR count). The first-order valence-corrected chi connectivity index (χ1v) is 18.1. The molecule has 47 heavy (non-hydrogen) atoms. The van der Waals surface area contributed by atoms with Crippen molar-refractivity contribution < 1.29 is 42.7 Å². The highest BCUT2D eigenvalue weighted by atomic mass is 16.7. The second-order valence-corrected chi connectivity index (χ2v) is 13.1. The molecule has 8 atom stereocenters. The summed E-state index contributed by atoms with van der Waals surface area (Å²) in [6, 6.07) is 9.94. The molecule has 0 spiro atoms. The second-order valence-electron chi connectivity index (χ2n) is 13.1. The van der Waals surface area contributed by atoms with Crippen LogP contribution in [0, 0.1) is 11.8 Å². The number of esters is 1. The van der Waals surface area contributed by atoms with E-state index in [1.807, 2.05) is 36.4 Å². The molecule has 9 nitrogen and oxygen atoms in total. The SMILES string of the molecule is COC(=O)C=C/C=C\CC[C@@H]1[C@@H](CC[C@H](COc2ccccc2)OC2CCCCO2)[C@H](OC2CCCCO2)C[C@@H]1OC1CCCCO1. The maximum absolute atomic E-state index is 11.5. The van der Waals surface area contributed by atoms with Gasteiger partial charge in [-0.15, -0.1) is 0 Å². The van der Waals surface area contributed by atoms with Gasteiger partial charge in [-0.2, -0.15) is 0 Å². The van der Waals surface area contributed by atoms with Gasteiger partial charge in [0.15, 0.2) is 18.9 Å². The molecule has 3 unspecified atom stereocenters. The van der Waals surface area contributed by atoms with E-state index in [4.69, 9.17) is 37.9 Å². The minimum atomic E-state index is -0.358. The van der Waals surface area contributed by atoms with E-state index in [2.05, 4.69) is 6.08 Å². The molecule has 4 fully saturated rings. The second kappa shape index (κ2) is 20.3. The number of hydrogen-bond donors (Lipinski definition) is 0. The molecule has 0 N–H and O–H groups in total. The minimum Gasteiger partial charge on any atom is -0.491 e. The average Bonchev–Trinajstić information content (AvgIpc) is 3.43. The van der Waals surface area contributed by atoms with E-state index in [1.165, 1.54) is 13.2 Å². The van der Waals surface area contributed by atoms with E-state index in [0.717, 1.165) is 115 Å². The van der Waals surface area contributed by atoms with Crippen LogP contribution in [0.5, 0.6) is 5.75 Å². The largest absolute Gasteiger partial charge is 0.491 e. The molecule has 0 bridgehead atoms. The van der Waals surface area contributed by atoms with Gasteiger partial charge in [0, 0.05) is 32.3 Å². The Kier molecular flexibility index (Phi) is 15.6. The maximum Gasteiger partial charge on any atom is 0.330 e. The van der Waals surface area contributed by atoms with E-state index in [9.17, 15) is 4.79 Å². The highest BCUT2D eigenvalue weighted by Crippen LogP contribution is 2.44. The summed E-state index contributed by atoms with van der Waals surface area (Å²) in [7, 11) is 1.38. The summed E-state index contributed by atoms with van der Waals surface area (Å²) in [4.78, 5) is 11.5. The molecular formula is C38H56O9. The van der Waals surface area contributed by atoms with Crippen molar-refractivity contribution in [1.29, 1.82) is 0 Å². The number of allylic oxidation sites excluding steroid dienone is 3. The Morgan fingerprint density at radius 1 is 0.809 bits per heavy atom. The van der Waals surface area contributed by atoms with Crippen LogP contribution in [0.1, 0.15) is 89.9 Å². The Bertz CT molecular complexity index is 1060. The summed E-state index contributed by atoms with van der Waals surface area (Å²) in [6.45, 7) is 2.70. The topological polar surface area (TPSA) is 90.9 Å². The zero-order valence-corrected chi connectivity index (χ0v) is 28.2. The fourth-order valence-electron chi connectivity index (χ4n) is 7.24. The van der Waals surface area contributed by atoms with Crippen LogP contribution in [0.3, 0.4) is 0 Å². The van der Waals surface area contributed by atoms with E-state index >= 15 is 0 Å². The predicted molar refractivity (Wildman–Crippen MR) is 178 cm³/mol. The summed E-state index contributed by atoms with van der Waals surface area (Å²) >= 11 is 0. The zero-order chi connectivity index (χ0) is 32.5. The van der Waals surface area contributed by atoms with Crippen molar-refractivity contribution in [3.8, 4) is 5.75 Å². The van der Waals surface area contributed by atoms with E-state index in [0.29, 0.717) is 6.61 Å². The van der Waals surface area contributed by atoms with E-state index < -0.39 is 0 Å². The first-order valence-electron chi connectivity index (χ1n) is 18.1. The van der Waals surface area contributed by atoms with Crippen molar-refractivity contribution in [3.05, 3.63) is 54.6 Å². The van der Waals surface area contributed by atoms with Gasteiger partial charge in [-0.05, 0) is 107 Å². The smallest absolute Gasteiger partial charge is 0.330 e. The van der Waals surface area contributed by atoms with Gasteiger partial charge in [0.1, 0.15) is 12.4 Å². The predicted octanol–water partition coefficient (Wildman–Crippen LogP) is 7.28. The molecule has 0 amide bonds. The quantitative estimate of drug-likeness (QED) is 0.0975. The lowest BCUT2D eigenvalue weighted by molar-refractivity contribution is -0.205. The summed E-state index contributed by atoms with van der Waals surface area (Å²) in [6.07, 6.45) is 20.3. The van der Waals surface area contributed by atoms with Crippen molar-refractivity contribution in [2.24, 2.45) is 11.8 Å². The van der Waals surface area contributed by atoms with Gasteiger partial charge >= 0.3 is 5.97 Å². The average molecular weight is 657 g/mol. The molecular weight excluding hydrogens is 600 g/mol. The highest BCUT2D eigenvalue weighted by Gasteiger charge is 2.46. The van der Waals surface area contributed by atoms with Crippen LogP contribution >= 0.6 is 0 Å². The van der Waals surface area contributed by atoms with E-state index in [1.54, 1.807) is 6.08 Å². The van der Waals surface area contributed by atoms with Crippen molar-refractivity contribution in [3.63, 3.8) is 0 Å². The molecule has 4 aliphatic rings. The molecule has 1 saturated carbocycles. The monoisotopic (exact) mass is 656 g/mol. The first kappa shape index (κ1) is 36.0. The fraction of sp³-hybridized carbons (Fsp3) is 0.711. The van der Waals surface area contributed by atoms with Gasteiger partial charge in [0.25, 0.3) is 0 Å². The number of methoxy groups -OCH3 is 1. The third-order valence-corrected chi connectivity index (χ3v) is 9.73. The van der Waals surface area contributed by atoms with Crippen LogP contribution in [-0.4, -0.2) is 76.7 Å². The number of ether oxygens (including phenoxy) is 8. The fourth-order valence-corrected chi connectivity index (χ4v) is 7.24. The number of para-hydroxylation sites is 1. The maximum atomic E-state index is 11.5. The normalized spacial score (nSPS) is 30.9. The Labute approximate surface area is 281 Å². The van der Waals surface area contributed by atoms with Gasteiger partial charge in [0.05, 0.1) is 25.4 Å². The number of carbonyl (C=O) groups is 1. The van der Waals surface area contributed by atoms with Crippen LogP contribution in [0.2, 0.25) is 0 Å². The lowest BCUT2D eigenvalue weighted by atomic mass is 9.85. The Morgan fingerprint density at radius 2 is 1.43 bits per heavy atom. The van der Waals surface area contributed by atoms with Crippen molar-refractivity contribution in [1.82, 2.24) is 0 Å². The summed E-state index contributed by atoms with van der Waals surface area (Å²) in [5.74, 6) is 1.00. The number of benzene rings is 1. The minimum absolute atomic E-state index is 0.0153. The van der Waals surface area contributed by atoms with Gasteiger partial charge in [-0.25, -0.2) is 4.79 Å². The van der Waals surface area contributed by atoms with Crippen LogP contribution in [-0.2, 0) is 38.0 Å². The lowest BCUT2D eigenvalue weighted by Gasteiger charge is -2.33. The van der Waals surface area contributed by atoms with Gasteiger partial charge < -0.3 is 37.9 Å². The van der Waals surface area contributed by atoms with E-state index in [-0.39, 0.29) is 55.0 Å². The lowest BCUT2D eigenvalue weighted by Crippen LogP contribution is -2.35. The molecule has 3 aliphatic heterocycles. The highest BCUT2D eigenvalue weighted by molar-refractivity contribution is 5.82. The summed E-state index contributed by atoms with van der Waals surface area (Å²) in [5, 5.41) is 0. The third kappa shape index (κ3) is 12.3. The number of hydrogen-bond acceptors (Lipinski definition) is 9. The Balaban J connectivity index is 1.30. The van der Waals surface area contributed by atoms with Crippen LogP contribution < -0.4 is 4.74 Å². The summed E-state index contributed by atoms with van der Waals surface area (Å²) in [5.41, 5.74) is 0. The molecule has 3 saturated heterocycles. The standard InChI is InChI=1S/C38H56O9/c1-40-35(39)18-8-3-2-7-17-31-32(23-22-30(45-36-19-9-12-24-41-36)28-44-29-15-5-4-6-16-29)34(47-38-21-11-14-26-43-38)27-33(31)46-37-20-10-13-25-42-37/h2-6,8,15-16,18,30-34,36-38H,7,9-14,17,19-28H2,1H3/b3-2-,18-8?/t30-,31-,32-,33+,34-,36?,37?,38?/m1/s1. The zero-order valence-electron chi connectivity index (χ0n) is 28.2. The molecule has 1 aliphatic carbocycles. The summed E-state index contributed by atoms with van der Waals surface area (Å²) < 4.78 is 49.2. The number of rotatable bonds is 17. The molecule has 3 heterocycles. The molecule has 262 valence electrons. The Hall–Kier alpha value is -2.27. The third-order valence-electron chi connectivity index (χ3n) is 9.73. The molecule has 0 aromatic heterocycles. The molecule has 0 radical (unpaired) electrons. The van der Waals surface area contributed by atoms with Crippen LogP contribution in [0.4, 0.5) is 0 Å². The van der Waals surface area contributed by atoms with Crippen molar-refractivity contribution in [2.75, 3.05) is 33.5 Å². The van der Waals surface area contributed by atoms with Crippen LogP contribution in [0.25, 0.3) is 0 Å². The molecule has 1 aromatic carbocycles. The number of carbonyl (C=O) groups excluding carboxylic acids is 1. The van der Waals surface area contributed by atoms with Crippen molar-refractivity contribution in [2.45, 2.75) is 127 Å². The van der Waals surface area contributed by atoms with Gasteiger partial charge in [-0.1, -0.05) is 36.4 Å². The van der Waals surface area contributed by atoms with Crippen molar-refractivity contribution >= 4 is 5.97 Å². The molecule has 1 aromatic rings. The van der Waals surface area contributed by atoms with Gasteiger partial charge in [0.2, 0.25) is 0 Å². The molecule has 9 heteroatoms. The van der Waals surface area contributed by atoms with Gasteiger partial charge in [-0.3, -0.25) is 0 Å². The van der Waals surface area contributed by atoms with Crippen LogP contribution in [0.15, 0.2) is 54.6 Å². The Morgan fingerprint density at radius 3 is 2.02 bits per heavy atom.